The van der Waals surface area contributed by atoms with Gasteiger partial charge in [-0.2, -0.15) is 5.10 Å². The fraction of sp³-hybridized carbons (Fsp3) is 0.273. The van der Waals surface area contributed by atoms with E-state index in [0.29, 0.717) is 21.3 Å². The van der Waals surface area contributed by atoms with Crippen molar-refractivity contribution in [1.29, 1.82) is 0 Å². The standard InChI is InChI=1S/C22H22Cl2N4O/c1-14-2-7-18(12-20(14)24)28-21(15-8-10-25-11-9-15)19(13-26-28)22(29)27-17-5-3-16(23)4-6-17/h2-7,12-13,15,25H,8-11H2,1H3,(H,27,29). The number of hydrogen-bond donors (Lipinski definition) is 2. The Labute approximate surface area is 180 Å². The zero-order chi connectivity index (χ0) is 20.4. The maximum atomic E-state index is 13.1. The number of benzene rings is 2. The second-order valence-electron chi connectivity index (χ2n) is 7.27. The molecule has 0 saturated carbocycles. The van der Waals surface area contributed by atoms with Gasteiger partial charge in [0.1, 0.15) is 0 Å². The molecule has 4 rings (SSSR count). The van der Waals surface area contributed by atoms with E-state index in [0.717, 1.165) is 42.9 Å². The Bertz CT molecular complexity index is 1020. The molecule has 2 aromatic carbocycles. The molecule has 3 aromatic rings. The molecule has 0 aliphatic carbocycles. The maximum Gasteiger partial charge on any atom is 0.259 e. The fourth-order valence-electron chi connectivity index (χ4n) is 3.67. The third-order valence-electron chi connectivity index (χ3n) is 5.28. The Balaban J connectivity index is 1.72. The largest absolute Gasteiger partial charge is 0.322 e. The van der Waals surface area contributed by atoms with Crippen LogP contribution in [0.3, 0.4) is 0 Å². The van der Waals surface area contributed by atoms with Crippen LogP contribution < -0.4 is 10.6 Å². The summed E-state index contributed by atoms with van der Waals surface area (Å²) in [6, 6.07) is 12.9. The minimum atomic E-state index is -0.176. The zero-order valence-corrected chi connectivity index (χ0v) is 17.6. The molecule has 1 saturated heterocycles. The van der Waals surface area contributed by atoms with Gasteiger partial charge in [0.15, 0.2) is 0 Å². The third kappa shape index (κ3) is 4.32. The summed E-state index contributed by atoms with van der Waals surface area (Å²) < 4.78 is 1.86. The van der Waals surface area contributed by atoms with Gasteiger partial charge >= 0.3 is 0 Å². The molecule has 0 unspecified atom stereocenters. The molecule has 0 atom stereocenters. The number of carbonyl (C=O) groups is 1. The van der Waals surface area contributed by atoms with E-state index in [1.54, 1.807) is 30.5 Å². The van der Waals surface area contributed by atoms with Crippen LogP contribution in [0.1, 0.15) is 40.4 Å². The number of nitrogens with zero attached hydrogens (tertiary/aromatic N) is 2. The lowest BCUT2D eigenvalue weighted by Crippen LogP contribution is -2.29. The first kappa shape index (κ1) is 20.0. The minimum absolute atomic E-state index is 0.176. The summed E-state index contributed by atoms with van der Waals surface area (Å²) in [5.74, 6) is 0.0649. The maximum absolute atomic E-state index is 13.1. The van der Waals surface area contributed by atoms with E-state index in [1.807, 2.05) is 29.8 Å². The number of amides is 1. The Hall–Kier alpha value is -2.34. The van der Waals surface area contributed by atoms with Gasteiger partial charge in [-0.3, -0.25) is 4.79 Å². The van der Waals surface area contributed by atoms with E-state index in [9.17, 15) is 4.79 Å². The lowest BCUT2D eigenvalue weighted by atomic mass is 9.91. The molecule has 29 heavy (non-hydrogen) atoms. The van der Waals surface area contributed by atoms with Crippen molar-refractivity contribution in [2.75, 3.05) is 18.4 Å². The zero-order valence-electron chi connectivity index (χ0n) is 16.1. The van der Waals surface area contributed by atoms with Crippen molar-refractivity contribution in [3.63, 3.8) is 0 Å². The first-order chi connectivity index (χ1) is 14.0. The molecule has 1 amide bonds. The van der Waals surface area contributed by atoms with Crippen LogP contribution in [0.2, 0.25) is 10.0 Å². The Morgan fingerprint density at radius 3 is 2.55 bits per heavy atom. The quantitative estimate of drug-likeness (QED) is 0.599. The van der Waals surface area contributed by atoms with Crippen LogP contribution in [0.5, 0.6) is 0 Å². The van der Waals surface area contributed by atoms with Crippen molar-refractivity contribution in [3.8, 4) is 5.69 Å². The van der Waals surface area contributed by atoms with Gasteiger partial charge in [-0.15, -0.1) is 0 Å². The second kappa shape index (κ2) is 8.57. The average Bonchev–Trinajstić information content (AvgIpc) is 3.18. The number of piperidine rings is 1. The molecule has 2 N–H and O–H groups in total. The molecule has 0 bridgehead atoms. The molecule has 7 heteroatoms. The summed E-state index contributed by atoms with van der Waals surface area (Å²) >= 11 is 12.3. The van der Waals surface area contributed by atoms with Crippen molar-refractivity contribution in [2.24, 2.45) is 0 Å². The van der Waals surface area contributed by atoms with Crippen LogP contribution in [0.4, 0.5) is 5.69 Å². The van der Waals surface area contributed by atoms with E-state index in [-0.39, 0.29) is 11.8 Å². The van der Waals surface area contributed by atoms with Crippen molar-refractivity contribution >= 4 is 34.8 Å². The number of aryl methyl sites for hydroxylation is 1. The van der Waals surface area contributed by atoms with Crippen molar-refractivity contribution in [1.82, 2.24) is 15.1 Å². The molecule has 1 aliphatic heterocycles. The number of anilines is 1. The Morgan fingerprint density at radius 2 is 1.86 bits per heavy atom. The molecule has 0 spiro atoms. The number of halogens is 2. The van der Waals surface area contributed by atoms with E-state index in [1.165, 1.54) is 0 Å². The van der Waals surface area contributed by atoms with Crippen molar-refractivity contribution < 1.29 is 4.79 Å². The first-order valence-corrected chi connectivity index (χ1v) is 10.4. The summed E-state index contributed by atoms with van der Waals surface area (Å²) in [6.07, 6.45) is 3.55. The second-order valence-corrected chi connectivity index (χ2v) is 8.12. The molecule has 1 aromatic heterocycles. The minimum Gasteiger partial charge on any atom is -0.322 e. The SMILES string of the molecule is Cc1ccc(-n2ncc(C(=O)Nc3ccc(Cl)cc3)c2C2CCNCC2)cc1Cl. The highest BCUT2D eigenvalue weighted by Crippen LogP contribution is 2.31. The lowest BCUT2D eigenvalue weighted by Gasteiger charge is -2.25. The van der Waals surface area contributed by atoms with Gasteiger partial charge < -0.3 is 10.6 Å². The summed E-state index contributed by atoms with van der Waals surface area (Å²) in [4.78, 5) is 13.1. The molecule has 5 nitrogen and oxygen atoms in total. The number of carbonyl (C=O) groups excluding carboxylic acids is 1. The lowest BCUT2D eigenvalue weighted by molar-refractivity contribution is 0.102. The highest BCUT2D eigenvalue weighted by atomic mass is 35.5. The number of rotatable bonds is 4. The van der Waals surface area contributed by atoms with Gasteiger partial charge in [-0.1, -0.05) is 29.3 Å². The fourth-order valence-corrected chi connectivity index (χ4v) is 3.97. The van der Waals surface area contributed by atoms with Crippen LogP contribution in [-0.4, -0.2) is 28.8 Å². The monoisotopic (exact) mass is 428 g/mol. The predicted molar refractivity (Wildman–Crippen MR) is 118 cm³/mol. The molecule has 2 heterocycles. The van der Waals surface area contributed by atoms with E-state index >= 15 is 0 Å². The normalized spacial score (nSPS) is 14.7. The smallest absolute Gasteiger partial charge is 0.259 e. The number of nitrogens with one attached hydrogen (secondary N) is 2. The molecule has 0 radical (unpaired) electrons. The Morgan fingerprint density at radius 1 is 1.14 bits per heavy atom. The number of aromatic nitrogens is 2. The van der Waals surface area contributed by atoms with Gasteiger partial charge in [-0.05, 0) is 74.8 Å². The van der Waals surface area contributed by atoms with Crippen molar-refractivity contribution in [3.05, 3.63) is 75.5 Å². The first-order valence-electron chi connectivity index (χ1n) is 9.65. The van der Waals surface area contributed by atoms with E-state index in [2.05, 4.69) is 15.7 Å². The summed E-state index contributed by atoms with van der Waals surface area (Å²) in [5, 5.41) is 12.2. The topological polar surface area (TPSA) is 59.0 Å². The van der Waals surface area contributed by atoms with E-state index < -0.39 is 0 Å². The highest BCUT2D eigenvalue weighted by molar-refractivity contribution is 6.31. The van der Waals surface area contributed by atoms with Gasteiger partial charge in [0, 0.05) is 21.7 Å². The molecule has 1 fully saturated rings. The van der Waals surface area contributed by atoms with Crippen LogP contribution in [0, 0.1) is 6.92 Å². The third-order valence-corrected chi connectivity index (χ3v) is 5.94. The molecular formula is C22H22Cl2N4O. The van der Waals surface area contributed by atoms with Gasteiger partial charge in [0.2, 0.25) is 0 Å². The summed E-state index contributed by atoms with van der Waals surface area (Å²) in [5.41, 5.74) is 4.08. The van der Waals surface area contributed by atoms with Gasteiger partial charge in [0.05, 0.1) is 23.1 Å². The Kier molecular flexibility index (Phi) is 5.90. The summed E-state index contributed by atoms with van der Waals surface area (Å²) in [6.45, 7) is 3.80. The molecule has 1 aliphatic rings. The van der Waals surface area contributed by atoms with Crippen LogP contribution in [-0.2, 0) is 0 Å². The van der Waals surface area contributed by atoms with Crippen LogP contribution in [0.15, 0.2) is 48.7 Å². The number of hydrogen-bond acceptors (Lipinski definition) is 3. The van der Waals surface area contributed by atoms with E-state index in [4.69, 9.17) is 23.2 Å². The predicted octanol–water partition coefficient (Wildman–Crippen LogP) is 5.21. The highest BCUT2D eigenvalue weighted by Gasteiger charge is 2.27. The van der Waals surface area contributed by atoms with Crippen LogP contribution in [0.25, 0.3) is 5.69 Å². The van der Waals surface area contributed by atoms with Crippen molar-refractivity contribution in [2.45, 2.75) is 25.7 Å². The van der Waals surface area contributed by atoms with Crippen LogP contribution >= 0.6 is 23.2 Å². The molecule has 150 valence electrons. The van der Waals surface area contributed by atoms with Gasteiger partial charge in [-0.25, -0.2) is 4.68 Å². The van der Waals surface area contributed by atoms with Gasteiger partial charge in [0.25, 0.3) is 5.91 Å². The molecular weight excluding hydrogens is 407 g/mol. The average molecular weight is 429 g/mol. The summed E-state index contributed by atoms with van der Waals surface area (Å²) in [7, 11) is 0.